The fraction of sp³-hybridized carbons (Fsp3) is 0.846. The highest BCUT2D eigenvalue weighted by molar-refractivity contribution is 5.83. The lowest BCUT2D eigenvalue weighted by atomic mass is 9.85. The number of nitrogens with zero attached hydrogens (tertiary/aromatic N) is 1. The van der Waals surface area contributed by atoms with Gasteiger partial charge in [0.2, 0.25) is 11.8 Å². The van der Waals surface area contributed by atoms with Crippen molar-refractivity contribution in [2.24, 2.45) is 11.1 Å². The first-order valence-corrected chi connectivity index (χ1v) is 6.69. The monoisotopic (exact) mass is 255 g/mol. The van der Waals surface area contributed by atoms with Gasteiger partial charge in [0.25, 0.3) is 0 Å². The first-order valence-electron chi connectivity index (χ1n) is 6.69. The predicted octanol–water partition coefficient (Wildman–Crippen LogP) is 0.489. The maximum Gasteiger partial charge on any atom is 0.229 e. The zero-order valence-electron chi connectivity index (χ0n) is 11.7. The molecule has 1 saturated heterocycles. The molecule has 1 aliphatic rings. The molecule has 0 aromatic heterocycles. The number of nitrogens with two attached hydrogens (primary N) is 1. The average Bonchev–Trinajstić information content (AvgIpc) is 2.36. The molecule has 0 aromatic carbocycles. The Bertz CT molecular complexity index is 313. The standard InChI is InChI=1S/C13H25N3O2/c1-4-13(3,9-14)12(18)16-7-5-6-11(8-16)15-10(2)17/h11H,4-9,14H2,1-3H3,(H,15,17). The van der Waals surface area contributed by atoms with Crippen LogP contribution in [0.3, 0.4) is 0 Å². The number of rotatable bonds is 4. The summed E-state index contributed by atoms with van der Waals surface area (Å²) in [5, 5.41) is 2.89. The van der Waals surface area contributed by atoms with Crippen LogP contribution in [-0.2, 0) is 9.59 Å². The van der Waals surface area contributed by atoms with Crippen molar-refractivity contribution >= 4 is 11.8 Å². The minimum Gasteiger partial charge on any atom is -0.352 e. The minimum absolute atomic E-state index is 0.0358. The van der Waals surface area contributed by atoms with Crippen molar-refractivity contribution < 1.29 is 9.59 Å². The lowest BCUT2D eigenvalue weighted by Crippen LogP contribution is -2.54. The van der Waals surface area contributed by atoms with Crippen LogP contribution >= 0.6 is 0 Å². The molecule has 104 valence electrons. The van der Waals surface area contributed by atoms with E-state index in [1.807, 2.05) is 18.7 Å². The van der Waals surface area contributed by atoms with Crippen LogP contribution in [0.15, 0.2) is 0 Å². The van der Waals surface area contributed by atoms with Crippen LogP contribution in [0.4, 0.5) is 0 Å². The number of carbonyl (C=O) groups is 2. The van der Waals surface area contributed by atoms with Gasteiger partial charge in [0, 0.05) is 32.6 Å². The quantitative estimate of drug-likeness (QED) is 0.767. The maximum atomic E-state index is 12.4. The molecule has 0 aromatic rings. The second-order valence-electron chi connectivity index (χ2n) is 5.41. The van der Waals surface area contributed by atoms with Gasteiger partial charge in [-0.25, -0.2) is 0 Å². The van der Waals surface area contributed by atoms with Crippen molar-refractivity contribution in [1.82, 2.24) is 10.2 Å². The van der Waals surface area contributed by atoms with E-state index < -0.39 is 5.41 Å². The van der Waals surface area contributed by atoms with E-state index in [-0.39, 0.29) is 17.9 Å². The summed E-state index contributed by atoms with van der Waals surface area (Å²) in [7, 11) is 0. The first-order chi connectivity index (χ1) is 8.42. The predicted molar refractivity (Wildman–Crippen MR) is 70.9 cm³/mol. The Morgan fingerprint density at radius 3 is 2.67 bits per heavy atom. The van der Waals surface area contributed by atoms with E-state index in [0.29, 0.717) is 13.1 Å². The molecule has 1 rings (SSSR count). The van der Waals surface area contributed by atoms with Crippen LogP contribution in [0.25, 0.3) is 0 Å². The van der Waals surface area contributed by atoms with Gasteiger partial charge in [-0.2, -0.15) is 0 Å². The average molecular weight is 255 g/mol. The number of amides is 2. The Morgan fingerprint density at radius 2 is 2.17 bits per heavy atom. The zero-order valence-corrected chi connectivity index (χ0v) is 11.7. The van der Waals surface area contributed by atoms with E-state index in [0.717, 1.165) is 25.8 Å². The first kappa shape index (κ1) is 15.0. The topological polar surface area (TPSA) is 75.4 Å². The molecule has 18 heavy (non-hydrogen) atoms. The molecule has 5 heteroatoms. The third-order valence-corrected chi connectivity index (χ3v) is 3.86. The second kappa shape index (κ2) is 6.18. The van der Waals surface area contributed by atoms with Gasteiger partial charge >= 0.3 is 0 Å². The summed E-state index contributed by atoms with van der Waals surface area (Å²) in [6, 6.07) is 0.0825. The van der Waals surface area contributed by atoms with Crippen LogP contribution in [0.5, 0.6) is 0 Å². The van der Waals surface area contributed by atoms with E-state index >= 15 is 0 Å². The molecule has 0 aliphatic carbocycles. The summed E-state index contributed by atoms with van der Waals surface area (Å²) in [5.41, 5.74) is 5.25. The molecule has 5 nitrogen and oxygen atoms in total. The highest BCUT2D eigenvalue weighted by Gasteiger charge is 2.35. The Labute approximate surface area is 109 Å². The van der Waals surface area contributed by atoms with E-state index in [1.165, 1.54) is 6.92 Å². The third-order valence-electron chi connectivity index (χ3n) is 3.86. The summed E-state index contributed by atoms with van der Waals surface area (Å²) in [5.74, 6) is 0.0777. The normalized spacial score (nSPS) is 23.3. The number of piperidine rings is 1. The molecular formula is C13H25N3O2. The van der Waals surface area contributed by atoms with Crippen LogP contribution in [-0.4, -0.2) is 42.4 Å². The minimum atomic E-state index is -0.474. The van der Waals surface area contributed by atoms with E-state index in [1.54, 1.807) is 0 Å². The number of hydrogen-bond acceptors (Lipinski definition) is 3. The van der Waals surface area contributed by atoms with Gasteiger partial charge in [-0.05, 0) is 26.2 Å². The Morgan fingerprint density at radius 1 is 1.50 bits per heavy atom. The molecule has 1 heterocycles. The van der Waals surface area contributed by atoms with Crippen LogP contribution < -0.4 is 11.1 Å². The molecule has 2 amide bonds. The van der Waals surface area contributed by atoms with Crippen molar-refractivity contribution in [2.45, 2.75) is 46.1 Å². The van der Waals surface area contributed by atoms with Gasteiger partial charge in [0.15, 0.2) is 0 Å². The van der Waals surface area contributed by atoms with Gasteiger partial charge in [-0.15, -0.1) is 0 Å². The lowest BCUT2D eigenvalue weighted by Gasteiger charge is -2.38. The second-order valence-corrected chi connectivity index (χ2v) is 5.41. The molecule has 3 N–H and O–H groups in total. The Hall–Kier alpha value is -1.10. The fourth-order valence-electron chi connectivity index (χ4n) is 2.33. The summed E-state index contributed by atoms with van der Waals surface area (Å²) in [6.07, 6.45) is 2.61. The van der Waals surface area contributed by atoms with E-state index in [2.05, 4.69) is 5.32 Å². The summed E-state index contributed by atoms with van der Waals surface area (Å²) < 4.78 is 0. The summed E-state index contributed by atoms with van der Waals surface area (Å²) in [6.45, 7) is 7.15. The van der Waals surface area contributed by atoms with E-state index in [4.69, 9.17) is 5.73 Å². The largest absolute Gasteiger partial charge is 0.352 e. The van der Waals surface area contributed by atoms with E-state index in [9.17, 15) is 9.59 Å². The third kappa shape index (κ3) is 3.45. The maximum absolute atomic E-state index is 12.4. The summed E-state index contributed by atoms with van der Waals surface area (Å²) in [4.78, 5) is 25.4. The number of hydrogen-bond donors (Lipinski definition) is 2. The van der Waals surface area contributed by atoms with Crippen molar-refractivity contribution in [3.8, 4) is 0 Å². The lowest BCUT2D eigenvalue weighted by molar-refractivity contribution is -0.142. The van der Waals surface area contributed by atoms with Crippen molar-refractivity contribution in [3.63, 3.8) is 0 Å². The number of likely N-dealkylation sites (tertiary alicyclic amines) is 1. The van der Waals surface area contributed by atoms with Crippen LogP contribution in [0.1, 0.15) is 40.0 Å². The van der Waals surface area contributed by atoms with Crippen molar-refractivity contribution in [2.75, 3.05) is 19.6 Å². The number of carbonyl (C=O) groups excluding carboxylic acids is 2. The molecule has 0 saturated carbocycles. The van der Waals surface area contributed by atoms with Crippen LogP contribution in [0, 0.1) is 5.41 Å². The van der Waals surface area contributed by atoms with Crippen LogP contribution in [0.2, 0.25) is 0 Å². The molecule has 1 aliphatic heterocycles. The van der Waals surface area contributed by atoms with Gasteiger partial charge in [-0.3, -0.25) is 9.59 Å². The molecular weight excluding hydrogens is 230 g/mol. The molecule has 1 fully saturated rings. The smallest absolute Gasteiger partial charge is 0.229 e. The van der Waals surface area contributed by atoms with Gasteiger partial charge in [0.1, 0.15) is 0 Å². The van der Waals surface area contributed by atoms with Gasteiger partial charge < -0.3 is 16.0 Å². The van der Waals surface area contributed by atoms with Crippen molar-refractivity contribution in [3.05, 3.63) is 0 Å². The van der Waals surface area contributed by atoms with Crippen molar-refractivity contribution in [1.29, 1.82) is 0 Å². The van der Waals surface area contributed by atoms with Gasteiger partial charge in [0.05, 0.1) is 5.41 Å². The Kier molecular flexibility index (Phi) is 5.14. The molecule has 0 spiro atoms. The molecule has 0 radical (unpaired) electrons. The summed E-state index contributed by atoms with van der Waals surface area (Å²) >= 11 is 0. The fourth-order valence-corrected chi connectivity index (χ4v) is 2.33. The molecule has 0 bridgehead atoms. The number of nitrogens with one attached hydrogen (secondary N) is 1. The highest BCUT2D eigenvalue weighted by atomic mass is 16.2. The highest BCUT2D eigenvalue weighted by Crippen LogP contribution is 2.24. The SMILES string of the molecule is CCC(C)(CN)C(=O)N1CCCC(NC(C)=O)C1. The molecule has 2 atom stereocenters. The van der Waals surface area contributed by atoms with Gasteiger partial charge in [-0.1, -0.05) is 6.92 Å². The molecule has 2 unspecified atom stereocenters. The zero-order chi connectivity index (χ0) is 13.8. The Balaban J connectivity index is 2.66.